The van der Waals surface area contributed by atoms with Gasteiger partial charge >= 0.3 is 0 Å². The molecule has 6 N–H and O–H groups in total. The number of nitrogens with two attached hydrogens (primary N) is 2. The highest BCUT2D eigenvalue weighted by atomic mass is 32.2. The van der Waals surface area contributed by atoms with Crippen LogP contribution in [0.5, 0.6) is 0 Å². The Hall–Kier alpha value is -1.80. The van der Waals surface area contributed by atoms with Crippen LogP contribution in [0, 0.1) is 0 Å². The number of nitrogen functional groups attached to an aromatic ring is 1. The van der Waals surface area contributed by atoms with Crippen LogP contribution >= 0.6 is 0 Å². The molecule has 0 bridgehead atoms. The summed E-state index contributed by atoms with van der Waals surface area (Å²) in [5, 5.41) is 10.8. The molecule has 1 atom stereocenters. The fourth-order valence-corrected chi connectivity index (χ4v) is 2.15. The second kappa shape index (κ2) is 5.90. The normalized spacial score (nSPS) is 13.6. The largest absolute Gasteiger partial charge is 0.397 e. The summed E-state index contributed by atoms with van der Waals surface area (Å²) >= 11 is 0. The number of nitrogens with one attached hydrogen (secondary N) is 2. The number of primary sulfonamides is 1. The van der Waals surface area contributed by atoms with Crippen molar-refractivity contribution in [2.45, 2.75) is 44.2 Å². The molecule has 21 heavy (non-hydrogen) atoms. The van der Waals surface area contributed by atoms with Gasteiger partial charge < -0.3 is 16.4 Å². The van der Waals surface area contributed by atoms with Crippen LogP contribution in [0.1, 0.15) is 27.7 Å². The average Bonchev–Trinajstić information content (AvgIpc) is 2.28. The number of carbonyl (C=O) groups excluding carboxylic acids is 1. The minimum absolute atomic E-state index is 0.0670. The van der Waals surface area contributed by atoms with Crippen LogP contribution in [0.4, 0.5) is 11.4 Å². The minimum atomic E-state index is -3.82. The van der Waals surface area contributed by atoms with Crippen molar-refractivity contribution in [2.24, 2.45) is 5.14 Å². The van der Waals surface area contributed by atoms with E-state index in [-0.39, 0.29) is 16.3 Å². The first kappa shape index (κ1) is 17.3. The zero-order chi connectivity index (χ0) is 16.4. The van der Waals surface area contributed by atoms with E-state index in [1.54, 1.807) is 6.92 Å². The first-order chi connectivity index (χ1) is 9.40. The third-order valence-corrected chi connectivity index (χ3v) is 3.53. The molecule has 0 saturated heterocycles. The number of anilines is 2. The molecule has 0 aliphatic heterocycles. The molecule has 0 heterocycles. The standard InChI is InChI=1S/C13H22N4O3S/c1-8(12(18)17-13(2,3)4)16-11-7-9(21(15,19)20)5-6-10(11)14/h5-8,16H,14H2,1-4H3,(H,17,18)(H2,15,19,20). The Morgan fingerprint density at radius 1 is 1.29 bits per heavy atom. The number of benzene rings is 1. The Bertz CT molecular complexity index is 635. The van der Waals surface area contributed by atoms with Gasteiger partial charge in [-0.1, -0.05) is 0 Å². The van der Waals surface area contributed by atoms with Crippen LogP contribution in [-0.4, -0.2) is 25.9 Å². The Morgan fingerprint density at radius 2 is 1.86 bits per heavy atom. The maximum absolute atomic E-state index is 12.0. The quantitative estimate of drug-likeness (QED) is 0.606. The highest BCUT2D eigenvalue weighted by Crippen LogP contribution is 2.23. The topological polar surface area (TPSA) is 127 Å². The van der Waals surface area contributed by atoms with Gasteiger partial charge in [-0.05, 0) is 45.9 Å². The van der Waals surface area contributed by atoms with Gasteiger partial charge in [0.1, 0.15) is 6.04 Å². The van der Waals surface area contributed by atoms with E-state index in [1.807, 2.05) is 20.8 Å². The van der Waals surface area contributed by atoms with Gasteiger partial charge in [0.2, 0.25) is 15.9 Å². The summed E-state index contributed by atoms with van der Waals surface area (Å²) in [6.07, 6.45) is 0. The van der Waals surface area contributed by atoms with Gasteiger partial charge in [-0.15, -0.1) is 0 Å². The molecule has 1 unspecified atom stereocenters. The molecule has 1 aromatic rings. The Morgan fingerprint density at radius 3 is 2.33 bits per heavy atom. The van der Waals surface area contributed by atoms with E-state index in [4.69, 9.17) is 10.9 Å². The Labute approximate surface area is 125 Å². The van der Waals surface area contributed by atoms with Crippen LogP contribution < -0.4 is 21.5 Å². The van der Waals surface area contributed by atoms with Crippen molar-refractivity contribution >= 4 is 27.3 Å². The Balaban J connectivity index is 2.95. The number of sulfonamides is 1. The summed E-state index contributed by atoms with van der Waals surface area (Å²) in [5.41, 5.74) is 6.10. The fourth-order valence-electron chi connectivity index (χ4n) is 1.61. The molecule has 0 aromatic heterocycles. The molecule has 1 amide bonds. The van der Waals surface area contributed by atoms with E-state index in [9.17, 15) is 13.2 Å². The van der Waals surface area contributed by atoms with E-state index in [0.717, 1.165) is 0 Å². The van der Waals surface area contributed by atoms with E-state index in [0.29, 0.717) is 11.4 Å². The first-order valence-electron chi connectivity index (χ1n) is 6.41. The van der Waals surface area contributed by atoms with Crippen LogP contribution in [-0.2, 0) is 14.8 Å². The van der Waals surface area contributed by atoms with E-state index >= 15 is 0 Å². The summed E-state index contributed by atoms with van der Waals surface area (Å²) in [5.74, 6) is -0.220. The molecule has 8 heteroatoms. The van der Waals surface area contributed by atoms with Crippen LogP contribution in [0.3, 0.4) is 0 Å². The lowest BCUT2D eigenvalue weighted by Crippen LogP contribution is -2.47. The molecule has 7 nitrogen and oxygen atoms in total. The number of carbonyl (C=O) groups is 1. The predicted octanol–water partition coefficient (Wildman–Crippen LogP) is 0.631. The van der Waals surface area contributed by atoms with E-state index in [2.05, 4.69) is 10.6 Å². The number of hydrogen-bond acceptors (Lipinski definition) is 5. The number of rotatable bonds is 4. The monoisotopic (exact) mass is 314 g/mol. The van der Waals surface area contributed by atoms with Crippen molar-refractivity contribution in [3.63, 3.8) is 0 Å². The molecule has 0 radical (unpaired) electrons. The summed E-state index contributed by atoms with van der Waals surface area (Å²) in [7, 11) is -3.82. The van der Waals surface area contributed by atoms with Gasteiger partial charge in [-0.3, -0.25) is 4.79 Å². The lowest BCUT2D eigenvalue weighted by Gasteiger charge is -2.24. The molecule has 1 aromatic carbocycles. The van der Waals surface area contributed by atoms with E-state index < -0.39 is 16.1 Å². The highest BCUT2D eigenvalue weighted by molar-refractivity contribution is 7.89. The van der Waals surface area contributed by atoms with Crippen LogP contribution in [0.25, 0.3) is 0 Å². The first-order valence-corrected chi connectivity index (χ1v) is 7.96. The summed E-state index contributed by atoms with van der Waals surface area (Å²) in [4.78, 5) is 11.9. The molecule has 0 aliphatic carbocycles. The van der Waals surface area contributed by atoms with Gasteiger partial charge in [0, 0.05) is 5.54 Å². The molecular formula is C13H22N4O3S. The Kier molecular flexibility index (Phi) is 4.85. The smallest absolute Gasteiger partial charge is 0.242 e. The van der Waals surface area contributed by atoms with Crippen molar-refractivity contribution in [1.82, 2.24) is 5.32 Å². The van der Waals surface area contributed by atoms with Gasteiger partial charge in [-0.25, -0.2) is 13.6 Å². The SMILES string of the molecule is CC(Nc1cc(S(N)(=O)=O)ccc1N)C(=O)NC(C)(C)C. The van der Waals surface area contributed by atoms with Gasteiger partial charge in [0.05, 0.1) is 16.3 Å². The van der Waals surface area contributed by atoms with Crippen LogP contribution in [0.15, 0.2) is 23.1 Å². The third-order valence-electron chi connectivity index (χ3n) is 2.62. The lowest BCUT2D eigenvalue weighted by atomic mass is 10.1. The fraction of sp³-hybridized carbons (Fsp3) is 0.462. The van der Waals surface area contributed by atoms with Crippen molar-refractivity contribution in [1.29, 1.82) is 0 Å². The second-order valence-corrected chi connectivity index (χ2v) is 7.46. The average molecular weight is 314 g/mol. The second-order valence-electron chi connectivity index (χ2n) is 5.90. The number of hydrogen-bond donors (Lipinski definition) is 4. The van der Waals surface area contributed by atoms with Crippen LogP contribution in [0.2, 0.25) is 0 Å². The molecule has 0 aliphatic rings. The zero-order valence-corrected chi connectivity index (χ0v) is 13.4. The minimum Gasteiger partial charge on any atom is -0.397 e. The highest BCUT2D eigenvalue weighted by Gasteiger charge is 2.20. The summed E-state index contributed by atoms with van der Waals surface area (Å²) < 4.78 is 22.7. The molecule has 118 valence electrons. The summed E-state index contributed by atoms with van der Waals surface area (Å²) in [6, 6.07) is 3.47. The third kappa shape index (κ3) is 5.24. The molecule has 1 rings (SSSR count). The number of amides is 1. The van der Waals surface area contributed by atoms with Crippen molar-refractivity contribution < 1.29 is 13.2 Å². The van der Waals surface area contributed by atoms with Crippen molar-refractivity contribution in [3.8, 4) is 0 Å². The maximum Gasteiger partial charge on any atom is 0.242 e. The van der Waals surface area contributed by atoms with E-state index in [1.165, 1.54) is 18.2 Å². The van der Waals surface area contributed by atoms with Crippen molar-refractivity contribution in [2.75, 3.05) is 11.1 Å². The van der Waals surface area contributed by atoms with Crippen molar-refractivity contribution in [3.05, 3.63) is 18.2 Å². The molecule has 0 saturated carbocycles. The predicted molar refractivity (Wildman–Crippen MR) is 83.2 cm³/mol. The lowest BCUT2D eigenvalue weighted by molar-refractivity contribution is -0.122. The zero-order valence-electron chi connectivity index (χ0n) is 12.6. The molecular weight excluding hydrogens is 292 g/mol. The van der Waals surface area contributed by atoms with Gasteiger partial charge in [0.25, 0.3) is 0 Å². The van der Waals surface area contributed by atoms with Gasteiger partial charge in [-0.2, -0.15) is 0 Å². The maximum atomic E-state index is 12.0. The summed E-state index contributed by atoms with van der Waals surface area (Å²) in [6.45, 7) is 7.26. The molecule has 0 spiro atoms. The van der Waals surface area contributed by atoms with Gasteiger partial charge in [0.15, 0.2) is 0 Å². The molecule has 0 fully saturated rings.